The summed E-state index contributed by atoms with van der Waals surface area (Å²) in [6.07, 6.45) is 0.987. The molecule has 1 heterocycles. The summed E-state index contributed by atoms with van der Waals surface area (Å²) in [7, 11) is 0. The Kier molecular flexibility index (Phi) is 4.34. The van der Waals surface area contributed by atoms with Crippen LogP contribution in [0.5, 0.6) is 5.75 Å². The minimum absolute atomic E-state index is 0.129. The van der Waals surface area contributed by atoms with Crippen molar-refractivity contribution in [3.8, 4) is 17.0 Å². The fraction of sp³-hybridized carbons (Fsp3) is 0.357. The number of nitrogens with two attached hydrogens (primary N) is 1. The SMILES string of the molecule is CC(C)CCOc1cccc(-c2n[nH]nc2C(N)=O)c1. The highest BCUT2D eigenvalue weighted by molar-refractivity contribution is 5.96. The summed E-state index contributed by atoms with van der Waals surface area (Å²) >= 11 is 0. The molecule has 1 amide bonds. The van der Waals surface area contributed by atoms with Crippen LogP contribution in [0.4, 0.5) is 0 Å². The number of benzene rings is 1. The van der Waals surface area contributed by atoms with Crippen molar-refractivity contribution in [1.29, 1.82) is 0 Å². The molecule has 0 aliphatic heterocycles. The Balaban J connectivity index is 2.17. The number of nitrogens with one attached hydrogen (secondary N) is 1. The molecule has 1 aromatic carbocycles. The minimum atomic E-state index is -0.611. The van der Waals surface area contributed by atoms with E-state index in [0.29, 0.717) is 18.2 Å². The van der Waals surface area contributed by atoms with Crippen molar-refractivity contribution >= 4 is 5.91 Å². The quantitative estimate of drug-likeness (QED) is 0.842. The molecule has 0 bridgehead atoms. The van der Waals surface area contributed by atoms with E-state index in [1.54, 1.807) is 0 Å². The number of aromatic nitrogens is 3. The van der Waals surface area contributed by atoms with Crippen molar-refractivity contribution in [3.05, 3.63) is 30.0 Å². The highest BCUT2D eigenvalue weighted by Gasteiger charge is 2.15. The third-order valence-corrected chi connectivity index (χ3v) is 2.85. The molecule has 0 saturated carbocycles. The van der Waals surface area contributed by atoms with Crippen LogP contribution in [0.2, 0.25) is 0 Å². The summed E-state index contributed by atoms with van der Waals surface area (Å²) in [6, 6.07) is 7.37. The molecule has 0 atom stereocenters. The number of rotatable bonds is 6. The van der Waals surface area contributed by atoms with Gasteiger partial charge in [0.05, 0.1) is 6.61 Å². The number of carbonyl (C=O) groups excluding carboxylic acids is 1. The van der Waals surface area contributed by atoms with Crippen LogP contribution in [-0.4, -0.2) is 27.9 Å². The largest absolute Gasteiger partial charge is 0.494 e. The average Bonchev–Trinajstić information content (AvgIpc) is 2.88. The Morgan fingerprint density at radius 3 is 2.90 bits per heavy atom. The number of nitrogens with zero attached hydrogens (tertiary/aromatic N) is 2. The van der Waals surface area contributed by atoms with Crippen LogP contribution in [-0.2, 0) is 0 Å². The van der Waals surface area contributed by atoms with Gasteiger partial charge in [-0.1, -0.05) is 26.0 Å². The normalized spacial score (nSPS) is 10.8. The molecule has 0 aliphatic rings. The molecule has 0 radical (unpaired) electrons. The van der Waals surface area contributed by atoms with Crippen molar-refractivity contribution in [2.75, 3.05) is 6.61 Å². The molecule has 0 saturated heterocycles. The molecule has 0 fully saturated rings. The van der Waals surface area contributed by atoms with Gasteiger partial charge in [-0.05, 0) is 24.5 Å². The number of carbonyl (C=O) groups is 1. The second-order valence-electron chi connectivity index (χ2n) is 4.94. The first-order chi connectivity index (χ1) is 9.58. The zero-order chi connectivity index (χ0) is 14.5. The maximum absolute atomic E-state index is 11.3. The number of aromatic amines is 1. The maximum Gasteiger partial charge on any atom is 0.271 e. The Morgan fingerprint density at radius 2 is 2.20 bits per heavy atom. The third kappa shape index (κ3) is 3.34. The molecular formula is C14H18N4O2. The van der Waals surface area contributed by atoms with Gasteiger partial charge in [0.15, 0.2) is 5.69 Å². The summed E-state index contributed by atoms with van der Waals surface area (Å²) in [5.41, 5.74) is 6.57. The molecule has 0 spiro atoms. The maximum atomic E-state index is 11.3. The molecule has 6 nitrogen and oxygen atoms in total. The molecular weight excluding hydrogens is 256 g/mol. The van der Waals surface area contributed by atoms with Crippen molar-refractivity contribution in [2.45, 2.75) is 20.3 Å². The first kappa shape index (κ1) is 14.0. The Bertz CT molecular complexity index is 592. The van der Waals surface area contributed by atoms with Gasteiger partial charge in [0, 0.05) is 5.56 Å². The van der Waals surface area contributed by atoms with Crippen LogP contribution in [0.15, 0.2) is 24.3 Å². The summed E-state index contributed by atoms with van der Waals surface area (Å²) in [5.74, 6) is 0.719. The standard InChI is InChI=1S/C14H18N4O2/c1-9(2)6-7-20-11-5-3-4-10(8-11)12-13(14(15)19)17-18-16-12/h3-5,8-9H,6-7H2,1-2H3,(H2,15,19)(H,16,17,18). The van der Waals surface area contributed by atoms with Gasteiger partial charge >= 0.3 is 0 Å². The lowest BCUT2D eigenvalue weighted by Gasteiger charge is -2.09. The molecule has 0 aliphatic carbocycles. The van der Waals surface area contributed by atoms with Gasteiger partial charge in [0.1, 0.15) is 11.4 Å². The van der Waals surface area contributed by atoms with Gasteiger partial charge in [-0.15, -0.1) is 0 Å². The van der Waals surface area contributed by atoms with Gasteiger partial charge in [-0.2, -0.15) is 15.4 Å². The second-order valence-corrected chi connectivity index (χ2v) is 4.94. The monoisotopic (exact) mass is 274 g/mol. The van der Waals surface area contributed by atoms with Crippen LogP contribution < -0.4 is 10.5 Å². The van der Waals surface area contributed by atoms with E-state index in [2.05, 4.69) is 29.3 Å². The smallest absolute Gasteiger partial charge is 0.271 e. The van der Waals surface area contributed by atoms with E-state index >= 15 is 0 Å². The molecule has 20 heavy (non-hydrogen) atoms. The molecule has 0 unspecified atom stereocenters. The number of amides is 1. The highest BCUT2D eigenvalue weighted by atomic mass is 16.5. The lowest BCUT2D eigenvalue weighted by Crippen LogP contribution is -2.12. The fourth-order valence-corrected chi connectivity index (χ4v) is 1.75. The topological polar surface area (TPSA) is 93.9 Å². The molecule has 106 valence electrons. The van der Waals surface area contributed by atoms with Gasteiger partial charge < -0.3 is 10.5 Å². The van der Waals surface area contributed by atoms with Crippen LogP contribution in [0.25, 0.3) is 11.3 Å². The first-order valence-electron chi connectivity index (χ1n) is 6.51. The van der Waals surface area contributed by atoms with Crippen molar-refractivity contribution in [2.24, 2.45) is 11.7 Å². The number of hydrogen-bond acceptors (Lipinski definition) is 4. The summed E-state index contributed by atoms with van der Waals surface area (Å²) in [5, 5.41) is 10.1. The minimum Gasteiger partial charge on any atom is -0.494 e. The van der Waals surface area contributed by atoms with Crippen molar-refractivity contribution in [1.82, 2.24) is 15.4 Å². The molecule has 2 rings (SSSR count). The van der Waals surface area contributed by atoms with E-state index in [0.717, 1.165) is 17.7 Å². The first-order valence-corrected chi connectivity index (χ1v) is 6.51. The molecule has 6 heteroatoms. The lowest BCUT2D eigenvalue weighted by atomic mass is 10.1. The van der Waals surface area contributed by atoms with E-state index in [9.17, 15) is 4.79 Å². The number of hydrogen-bond donors (Lipinski definition) is 2. The fourth-order valence-electron chi connectivity index (χ4n) is 1.75. The third-order valence-electron chi connectivity index (χ3n) is 2.85. The zero-order valence-corrected chi connectivity index (χ0v) is 11.6. The van der Waals surface area contributed by atoms with Crippen LogP contribution in [0.1, 0.15) is 30.8 Å². The van der Waals surface area contributed by atoms with Crippen LogP contribution in [0, 0.1) is 5.92 Å². The average molecular weight is 274 g/mol. The van der Waals surface area contributed by atoms with E-state index in [-0.39, 0.29) is 5.69 Å². The van der Waals surface area contributed by atoms with Gasteiger partial charge in [-0.3, -0.25) is 4.79 Å². The number of ether oxygens (including phenoxy) is 1. The molecule has 3 N–H and O–H groups in total. The Hall–Kier alpha value is -2.37. The second kappa shape index (κ2) is 6.18. The van der Waals surface area contributed by atoms with Crippen LogP contribution in [0.3, 0.4) is 0 Å². The van der Waals surface area contributed by atoms with E-state index in [1.807, 2.05) is 24.3 Å². The van der Waals surface area contributed by atoms with E-state index < -0.39 is 5.91 Å². The Morgan fingerprint density at radius 1 is 1.40 bits per heavy atom. The predicted molar refractivity (Wildman–Crippen MR) is 75.3 cm³/mol. The lowest BCUT2D eigenvalue weighted by molar-refractivity contribution is 0.0996. The summed E-state index contributed by atoms with van der Waals surface area (Å²) in [4.78, 5) is 11.3. The zero-order valence-electron chi connectivity index (χ0n) is 11.6. The molecule has 1 aromatic heterocycles. The van der Waals surface area contributed by atoms with Crippen molar-refractivity contribution in [3.63, 3.8) is 0 Å². The van der Waals surface area contributed by atoms with Crippen molar-refractivity contribution < 1.29 is 9.53 Å². The van der Waals surface area contributed by atoms with Gasteiger partial charge in [0.2, 0.25) is 0 Å². The number of primary amides is 1. The van der Waals surface area contributed by atoms with E-state index in [1.165, 1.54) is 0 Å². The summed E-state index contributed by atoms with van der Waals surface area (Å²) in [6.45, 7) is 4.95. The van der Waals surface area contributed by atoms with Crippen LogP contribution >= 0.6 is 0 Å². The summed E-state index contributed by atoms with van der Waals surface area (Å²) < 4.78 is 5.68. The molecule has 2 aromatic rings. The number of H-pyrrole nitrogens is 1. The predicted octanol–water partition coefficient (Wildman–Crippen LogP) is 2.00. The van der Waals surface area contributed by atoms with Gasteiger partial charge in [-0.25, -0.2) is 0 Å². The van der Waals surface area contributed by atoms with E-state index in [4.69, 9.17) is 10.5 Å². The van der Waals surface area contributed by atoms with Gasteiger partial charge in [0.25, 0.3) is 5.91 Å². The highest BCUT2D eigenvalue weighted by Crippen LogP contribution is 2.24. The Labute approximate surface area is 117 Å².